The number of fused-ring (bicyclic) bond motifs is 3. The second-order valence-electron chi connectivity index (χ2n) is 6.77. The number of hydrogen-bond donors (Lipinski definition) is 0. The van der Waals surface area contributed by atoms with Crippen molar-refractivity contribution in [3.8, 4) is 0 Å². The van der Waals surface area contributed by atoms with E-state index in [1.54, 1.807) is 18.0 Å². The number of urea groups is 1. The van der Waals surface area contributed by atoms with E-state index in [9.17, 15) is 14.4 Å². The SMILES string of the molecule is CC(=O)CN1C(=O)C2C(N=C3N(c4ccccc4Cl)C(C)=CN32)N(C)C1=O. The average Bonchev–Trinajstić information content (AvgIpc) is 3.12. The predicted molar refractivity (Wildman–Crippen MR) is 100 cm³/mol. The number of allylic oxidation sites excluding steroid dienone is 1. The number of benzene rings is 1. The van der Waals surface area contributed by atoms with Crippen molar-refractivity contribution in [3.63, 3.8) is 0 Å². The molecule has 3 heterocycles. The highest BCUT2D eigenvalue weighted by Gasteiger charge is 2.54. The Morgan fingerprint density at radius 3 is 2.63 bits per heavy atom. The lowest BCUT2D eigenvalue weighted by atomic mass is 10.1. The van der Waals surface area contributed by atoms with Crippen molar-refractivity contribution < 1.29 is 14.4 Å². The van der Waals surface area contributed by atoms with Crippen LogP contribution in [0.1, 0.15) is 13.8 Å². The Hall–Kier alpha value is -2.87. The first-order chi connectivity index (χ1) is 12.8. The molecule has 0 N–H and O–H groups in total. The molecule has 0 spiro atoms. The van der Waals surface area contributed by atoms with Gasteiger partial charge < -0.3 is 9.80 Å². The normalized spacial score (nSPS) is 24.1. The van der Waals surface area contributed by atoms with Gasteiger partial charge in [-0.25, -0.2) is 9.79 Å². The highest BCUT2D eigenvalue weighted by molar-refractivity contribution is 6.34. The van der Waals surface area contributed by atoms with Crippen LogP contribution in [0.3, 0.4) is 0 Å². The molecule has 140 valence electrons. The number of Topliss-reactive ketones (excluding diaryl/α,β-unsaturated/α-hetero) is 1. The molecule has 4 rings (SSSR count). The Kier molecular flexibility index (Phi) is 3.96. The minimum atomic E-state index is -0.704. The number of guanidine groups is 1. The summed E-state index contributed by atoms with van der Waals surface area (Å²) < 4.78 is 0. The number of likely N-dealkylation sites (N-methyl/N-ethyl adjacent to an activating group) is 1. The zero-order chi connectivity index (χ0) is 19.5. The number of para-hydroxylation sites is 1. The average molecular weight is 388 g/mol. The van der Waals surface area contributed by atoms with Gasteiger partial charge in [0.05, 0.1) is 17.3 Å². The van der Waals surface area contributed by atoms with E-state index in [2.05, 4.69) is 4.99 Å². The number of carbonyl (C=O) groups is 3. The summed E-state index contributed by atoms with van der Waals surface area (Å²) >= 11 is 6.35. The van der Waals surface area contributed by atoms with Crippen LogP contribution in [0.15, 0.2) is 41.2 Å². The molecule has 3 aliphatic rings. The van der Waals surface area contributed by atoms with Crippen LogP contribution in [0.2, 0.25) is 5.02 Å². The van der Waals surface area contributed by atoms with Crippen LogP contribution in [0.5, 0.6) is 0 Å². The van der Waals surface area contributed by atoms with Crippen LogP contribution >= 0.6 is 11.6 Å². The zero-order valence-corrected chi connectivity index (χ0v) is 15.8. The second-order valence-corrected chi connectivity index (χ2v) is 7.18. The van der Waals surface area contributed by atoms with Crippen molar-refractivity contribution >= 4 is 41.0 Å². The molecule has 0 aliphatic carbocycles. The molecule has 27 heavy (non-hydrogen) atoms. The molecule has 3 aliphatic heterocycles. The number of amides is 3. The highest BCUT2D eigenvalue weighted by atomic mass is 35.5. The first-order valence-electron chi connectivity index (χ1n) is 8.48. The number of imide groups is 1. The number of hydrogen-bond acceptors (Lipinski definition) is 6. The maximum Gasteiger partial charge on any atom is 0.328 e. The summed E-state index contributed by atoms with van der Waals surface area (Å²) in [5.41, 5.74) is 1.60. The van der Waals surface area contributed by atoms with Gasteiger partial charge in [0.25, 0.3) is 5.91 Å². The summed E-state index contributed by atoms with van der Waals surface area (Å²) in [6.07, 6.45) is 1.16. The molecule has 1 fully saturated rings. The number of aliphatic imine (C=N–C) groups is 1. The van der Waals surface area contributed by atoms with E-state index in [-0.39, 0.29) is 12.3 Å². The van der Waals surface area contributed by atoms with Gasteiger partial charge in [-0.1, -0.05) is 23.7 Å². The topological polar surface area (TPSA) is 76.5 Å². The fourth-order valence-electron chi connectivity index (χ4n) is 3.65. The number of nitrogens with zero attached hydrogens (tertiary/aromatic N) is 5. The highest BCUT2D eigenvalue weighted by Crippen LogP contribution is 2.38. The van der Waals surface area contributed by atoms with Gasteiger partial charge in [-0.15, -0.1) is 0 Å². The van der Waals surface area contributed by atoms with Gasteiger partial charge in [0.1, 0.15) is 5.78 Å². The van der Waals surface area contributed by atoms with Gasteiger partial charge in [-0.2, -0.15) is 0 Å². The van der Waals surface area contributed by atoms with E-state index in [0.717, 1.165) is 16.3 Å². The smallest absolute Gasteiger partial charge is 0.302 e. The van der Waals surface area contributed by atoms with Crippen molar-refractivity contribution in [1.29, 1.82) is 0 Å². The van der Waals surface area contributed by atoms with Crippen LogP contribution in [0.4, 0.5) is 10.5 Å². The summed E-state index contributed by atoms with van der Waals surface area (Å²) in [5.74, 6) is -0.149. The van der Waals surface area contributed by atoms with Crippen LogP contribution in [0, 0.1) is 0 Å². The lowest BCUT2D eigenvalue weighted by Gasteiger charge is -2.39. The molecule has 9 heteroatoms. The molecule has 3 amide bonds. The molecular formula is C18H18ClN5O3. The summed E-state index contributed by atoms with van der Waals surface area (Å²) in [6, 6.07) is 6.13. The molecule has 2 unspecified atom stereocenters. The Morgan fingerprint density at radius 1 is 1.26 bits per heavy atom. The molecule has 0 bridgehead atoms. The van der Waals surface area contributed by atoms with E-state index >= 15 is 0 Å². The van der Waals surface area contributed by atoms with Crippen molar-refractivity contribution in [2.45, 2.75) is 26.1 Å². The molecule has 1 aromatic rings. The van der Waals surface area contributed by atoms with Crippen LogP contribution in [-0.2, 0) is 9.59 Å². The summed E-state index contributed by atoms with van der Waals surface area (Å²) in [6.45, 7) is 3.00. The van der Waals surface area contributed by atoms with Crippen LogP contribution < -0.4 is 4.90 Å². The van der Waals surface area contributed by atoms with Crippen molar-refractivity contribution in [2.75, 3.05) is 18.5 Å². The molecule has 0 saturated carbocycles. The van der Waals surface area contributed by atoms with Gasteiger partial charge in [0.2, 0.25) is 5.96 Å². The summed E-state index contributed by atoms with van der Waals surface area (Å²) in [4.78, 5) is 47.7. The zero-order valence-electron chi connectivity index (χ0n) is 15.1. The van der Waals surface area contributed by atoms with Crippen molar-refractivity contribution in [3.05, 3.63) is 41.2 Å². The van der Waals surface area contributed by atoms with Gasteiger partial charge >= 0.3 is 6.03 Å². The summed E-state index contributed by atoms with van der Waals surface area (Å²) in [7, 11) is 1.59. The van der Waals surface area contributed by atoms with E-state index in [1.807, 2.05) is 36.2 Å². The molecule has 0 aromatic heterocycles. The van der Waals surface area contributed by atoms with Gasteiger partial charge in [-0.05, 0) is 26.0 Å². The maximum atomic E-state index is 13.0. The quantitative estimate of drug-likeness (QED) is 0.791. The van der Waals surface area contributed by atoms with E-state index in [1.165, 1.54) is 11.8 Å². The minimum Gasteiger partial charge on any atom is -0.302 e. The Balaban J connectivity index is 1.74. The fourth-order valence-corrected chi connectivity index (χ4v) is 3.87. The second kappa shape index (κ2) is 6.09. The van der Waals surface area contributed by atoms with E-state index < -0.39 is 24.1 Å². The van der Waals surface area contributed by atoms with Crippen molar-refractivity contribution in [1.82, 2.24) is 14.7 Å². The maximum absolute atomic E-state index is 13.0. The first kappa shape index (κ1) is 17.5. The minimum absolute atomic E-state index is 0.245. The van der Waals surface area contributed by atoms with Crippen molar-refractivity contribution in [2.24, 2.45) is 4.99 Å². The van der Waals surface area contributed by atoms with Crippen LogP contribution in [-0.4, -0.2) is 64.2 Å². The molecule has 2 atom stereocenters. The largest absolute Gasteiger partial charge is 0.328 e. The third kappa shape index (κ3) is 2.51. The Labute approximate surface area is 161 Å². The number of ketones is 1. The van der Waals surface area contributed by atoms with Gasteiger partial charge in [-0.3, -0.25) is 19.4 Å². The van der Waals surface area contributed by atoms with Crippen LogP contribution in [0.25, 0.3) is 0 Å². The molecule has 1 saturated heterocycles. The lowest BCUT2D eigenvalue weighted by Crippen LogP contribution is -2.64. The van der Waals surface area contributed by atoms with E-state index in [4.69, 9.17) is 11.6 Å². The standard InChI is InChI=1S/C18H18ClN5O3/c1-10-8-22-14-15(21(3)18(27)23(16(14)26)9-11(2)25)20-17(22)24(10)13-7-5-4-6-12(13)19/h4-8,14-15H,9H2,1-3H3. The predicted octanol–water partition coefficient (Wildman–Crippen LogP) is 1.87. The number of halogens is 1. The lowest BCUT2D eigenvalue weighted by molar-refractivity contribution is -0.139. The molecular weight excluding hydrogens is 370 g/mol. The number of anilines is 1. The number of carbonyl (C=O) groups excluding carboxylic acids is 3. The third-order valence-corrected chi connectivity index (χ3v) is 5.18. The molecule has 8 nitrogen and oxygen atoms in total. The first-order valence-corrected chi connectivity index (χ1v) is 8.86. The fraction of sp³-hybridized carbons (Fsp3) is 0.333. The number of rotatable bonds is 3. The Morgan fingerprint density at radius 2 is 1.96 bits per heavy atom. The third-order valence-electron chi connectivity index (χ3n) is 4.86. The van der Waals surface area contributed by atoms with Gasteiger partial charge in [0, 0.05) is 18.9 Å². The molecule has 1 aromatic carbocycles. The monoisotopic (exact) mass is 387 g/mol. The summed E-state index contributed by atoms with van der Waals surface area (Å²) in [5, 5.41) is 0.554. The Bertz CT molecular complexity index is 927. The van der Waals surface area contributed by atoms with Gasteiger partial charge in [0.15, 0.2) is 12.2 Å². The van der Waals surface area contributed by atoms with E-state index in [0.29, 0.717) is 11.0 Å². The molecule has 0 radical (unpaired) electrons.